The Labute approximate surface area is 248 Å². The molecule has 0 radical (unpaired) electrons. The maximum absolute atomic E-state index is 14.8. The van der Waals surface area contributed by atoms with Crippen molar-refractivity contribution in [2.45, 2.75) is 55.5 Å². The van der Waals surface area contributed by atoms with Crippen LogP contribution in [0.1, 0.15) is 26.8 Å². The van der Waals surface area contributed by atoms with Crippen molar-refractivity contribution in [1.29, 1.82) is 0 Å². The number of carbonyl (C=O) groups is 3. The number of hydrogen-bond acceptors (Lipinski definition) is 10. The maximum atomic E-state index is 14.8. The van der Waals surface area contributed by atoms with Gasteiger partial charge in [0.1, 0.15) is 35.7 Å². The predicted molar refractivity (Wildman–Crippen MR) is 141 cm³/mol. The van der Waals surface area contributed by atoms with Crippen LogP contribution in [0.25, 0.3) is 11.3 Å². The zero-order chi connectivity index (χ0) is 30.7. The van der Waals surface area contributed by atoms with Gasteiger partial charge in [0.05, 0.1) is 6.20 Å². The first kappa shape index (κ1) is 31.4. The molecule has 224 valence electrons. The third-order valence-electron chi connectivity index (χ3n) is 5.90. The first-order valence-electron chi connectivity index (χ1n) is 12.2. The molecule has 5 atom stereocenters. The van der Waals surface area contributed by atoms with E-state index in [1.807, 2.05) is 0 Å². The molecule has 3 aromatic rings. The summed E-state index contributed by atoms with van der Waals surface area (Å²) < 4.78 is 80.2. The molecule has 3 unspecified atom stereocenters. The summed E-state index contributed by atoms with van der Waals surface area (Å²) in [6, 6.07) is 4.33. The molecule has 42 heavy (non-hydrogen) atoms. The van der Waals surface area contributed by atoms with Crippen molar-refractivity contribution in [3.63, 3.8) is 0 Å². The van der Waals surface area contributed by atoms with Crippen LogP contribution in [-0.4, -0.2) is 63.3 Å². The normalized spacial score (nSPS) is 22.0. The topological polar surface area (TPSA) is 119 Å². The lowest BCUT2D eigenvalue weighted by Crippen LogP contribution is -2.57. The van der Waals surface area contributed by atoms with Gasteiger partial charge in [-0.2, -0.15) is 0 Å². The van der Waals surface area contributed by atoms with Gasteiger partial charge in [-0.05, 0) is 30.3 Å². The number of thioether (sulfide) groups is 1. The van der Waals surface area contributed by atoms with Gasteiger partial charge in [0, 0.05) is 35.7 Å². The first-order valence-corrected chi connectivity index (χ1v) is 13.8. The highest BCUT2D eigenvalue weighted by Gasteiger charge is 2.52. The first-order chi connectivity index (χ1) is 19.8. The summed E-state index contributed by atoms with van der Waals surface area (Å²) in [6.07, 6.45) is -2.64. The summed E-state index contributed by atoms with van der Waals surface area (Å²) in [5, 5.41) is 7.92. The Morgan fingerprint density at radius 1 is 0.952 bits per heavy atom. The van der Waals surface area contributed by atoms with Gasteiger partial charge in [0.2, 0.25) is 0 Å². The molecule has 0 amide bonds. The van der Waals surface area contributed by atoms with Crippen LogP contribution in [0.3, 0.4) is 0 Å². The van der Waals surface area contributed by atoms with E-state index >= 15 is 0 Å². The highest BCUT2D eigenvalue weighted by molar-refractivity contribution is 9.10. The summed E-state index contributed by atoms with van der Waals surface area (Å²) in [4.78, 5) is 36.2. The lowest BCUT2D eigenvalue weighted by molar-refractivity contribution is -0.212. The number of esters is 3. The largest absolute Gasteiger partial charge is 0.463 e. The number of halogens is 5. The standard InChI is InChI=1S/C26H22BrF4N3O7S/c1-11(35)38-10-20-24(39-12(2)36)23(34-9-19(32-33-34)14-6-17(29)22(31)18(30)7-14)25(40-13(3)37)26(41-20)42-21-8-15(27)4-5-16(21)28/h4-9,20,23-26H,10H2,1-3H3/t20?,23?,24-,25?,26+/m0/s1. The third-order valence-corrected chi connectivity index (χ3v) is 7.58. The number of carbonyl (C=O) groups excluding carboxylic acids is 3. The molecule has 0 aliphatic carbocycles. The Kier molecular flexibility index (Phi) is 9.89. The monoisotopic (exact) mass is 675 g/mol. The second-order valence-corrected chi connectivity index (χ2v) is 11.1. The highest BCUT2D eigenvalue weighted by Crippen LogP contribution is 2.42. The third kappa shape index (κ3) is 7.28. The quantitative estimate of drug-likeness (QED) is 0.143. The average Bonchev–Trinajstić information content (AvgIpc) is 3.39. The number of rotatable bonds is 8. The lowest BCUT2D eigenvalue weighted by atomic mass is 9.96. The van der Waals surface area contributed by atoms with Crippen molar-refractivity contribution in [3.05, 3.63) is 64.3 Å². The number of aromatic nitrogens is 3. The Hall–Kier alpha value is -3.50. The molecule has 2 heterocycles. The van der Waals surface area contributed by atoms with Gasteiger partial charge < -0.3 is 18.9 Å². The van der Waals surface area contributed by atoms with E-state index in [0.717, 1.165) is 37.2 Å². The van der Waals surface area contributed by atoms with Crippen molar-refractivity contribution < 1.29 is 50.9 Å². The fraction of sp³-hybridized carbons (Fsp3) is 0.346. The predicted octanol–water partition coefficient (Wildman–Crippen LogP) is 4.75. The Morgan fingerprint density at radius 2 is 1.60 bits per heavy atom. The molecule has 2 aromatic carbocycles. The molecule has 16 heteroatoms. The second-order valence-electron chi connectivity index (χ2n) is 9.01. The fourth-order valence-corrected chi connectivity index (χ4v) is 5.92. The van der Waals surface area contributed by atoms with Crippen molar-refractivity contribution in [2.24, 2.45) is 0 Å². The Bertz CT molecular complexity index is 1490. The van der Waals surface area contributed by atoms with Crippen LogP contribution in [0, 0.1) is 23.3 Å². The molecule has 0 saturated carbocycles. The van der Waals surface area contributed by atoms with Gasteiger partial charge in [0.15, 0.2) is 29.7 Å². The van der Waals surface area contributed by atoms with Gasteiger partial charge in [0.25, 0.3) is 0 Å². The Morgan fingerprint density at radius 3 is 2.21 bits per heavy atom. The van der Waals surface area contributed by atoms with Crippen LogP contribution in [0.2, 0.25) is 0 Å². The SMILES string of the molecule is CC(=O)OCC1O[C@H](Sc2cc(Br)ccc2F)C(OC(C)=O)C(n2cc(-c3cc(F)c(F)c(F)c3)nn2)[C@H]1OC(C)=O. The van der Waals surface area contributed by atoms with E-state index in [-0.39, 0.29) is 16.2 Å². The molecular formula is C26H22BrF4N3O7S. The molecule has 1 aliphatic heterocycles. The molecule has 0 bridgehead atoms. The van der Waals surface area contributed by atoms with Crippen LogP contribution in [0.5, 0.6) is 0 Å². The van der Waals surface area contributed by atoms with E-state index in [4.69, 9.17) is 18.9 Å². The van der Waals surface area contributed by atoms with Crippen molar-refractivity contribution >= 4 is 45.6 Å². The van der Waals surface area contributed by atoms with Gasteiger partial charge in [-0.25, -0.2) is 22.2 Å². The lowest BCUT2D eigenvalue weighted by Gasteiger charge is -2.44. The number of nitrogens with zero attached hydrogens (tertiary/aromatic N) is 3. The minimum Gasteiger partial charge on any atom is -0.463 e. The smallest absolute Gasteiger partial charge is 0.303 e. The number of hydrogen-bond donors (Lipinski definition) is 0. The van der Waals surface area contributed by atoms with Crippen LogP contribution >= 0.6 is 27.7 Å². The van der Waals surface area contributed by atoms with E-state index < -0.39 is 77.6 Å². The van der Waals surface area contributed by atoms with Crippen molar-refractivity contribution in [2.75, 3.05) is 6.61 Å². The summed E-state index contributed by atoms with van der Waals surface area (Å²) in [7, 11) is 0. The molecule has 0 N–H and O–H groups in total. The minimum absolute atomic E-state index is 0.0963. The van der Waals surface area contributed by atoms with Crippen LogP contribution < -0.4 is 0 Å². The van der Waals surface area contributed by atoms with Gasteiger partial charge in [-0.15, -0.1) is 5.10 Å². The molecule has 1 saturated heterocycles. The van der Waals surface area contributed by atoms with E-state index in [9.17, 15) is 31.9 Å². The minimum atomic E-state index is -1.67. The zero-order valence-electron chi connectivity index (χ0n) is 22.1. The summed E-state index contributed by atoms with van der Waals surface area (Å²) in [5.74, 6) is -7.46. The maximum Gasteiger partial charge on any atom is 0.303 e. The number of ether oxygens (including phenoxy) is 4. The van der Waals surface area contributed by atoms with Crippen molar-refractivity contribution in [1.82, 2.24) is 15.0 Å². The highest BCUT2D eigenvalue weighted by atomic mass is 79.9. The van der Waals surface area contributed by atoms with Gasteiger partial charge in [-0.3, -0.25) is 14.4 Å². The van der Waals surface area contributed by atoms with Crippen molar-refractivity contribution in [3.8, 4) is 11.3 Å². The van der Waals surface area contributed by atoms with Gasteiger partial charge >= 0.3 is 17.9 Å². The molecule has 10 nitrogen and oxygen atoms in total. The average molecular weight is 676 g/mol. The second kappa shape index (κ2) is 13.2. The molecule has 1 fully saturated rings. The van der Waals surface area contributed by atoms with Crippen LogP contribution in [0.15, 0.2) is 45.9 Å². The Balaban J connectivity index is 1.83. The summed E-state index contributed by atoms with van der Waals surface area (Å²) in [6.45, 7) is 2.94. The zero-order valence-corrected chi connectivity index (χ0v) is 24.5. The number of benzene rings is 2. The molecule has 1 aromatic heterocycles. The van der Waals surface area contributed by atoms with Crippen LogP contribution in [0.4, 0.5) is 17.6 Å². The van der Waals surface area contributed by atoms with E-state index in [0.29, 0.717) is 16.6 Å². The van der Waals surface area contributed by atoms with E-state index in [1.54, 1.807) is 0 Å². The van der Waals surface area contributed by atoms with E-state index in [1.165, 1.54) is 24.4 Å². The molecule has 4 rings (SSSR count). The molecule has 0 spiro atoms. The van der Waals surface area contributed by atoms with E-state index in [2.05, 4.69) is 26.2 Å². The summed E-state index contributed by atoms with van der Waals surface area (Å²) >= 11 is 4.11. The molecular weight excluding hydrogens is 654 g/mol. The van der Waals surface area contributed by atoms with Crippen LogP contribution in [-0.2, 0) is 33.3 Å². The molecule has 1 aliphatic rings. The summed E-state index contributed by atoms with van der Waals surface area (Å²) in [5.41, 5.74) is -1.47. The fourth-order valence-electron chi connectivity index (χ4n) is 4.23. The van der Waals surface area contributed by atoms with Gasteiger partial charge in [-0.1, -0.05) is 32.9 Å².